The summed E-state index contributed by atoms with van der Waals surface area (Å²) in [5, 5.41) is 3.61. The third-order valence-electron chi connectivity index (χ3n) is 3.90. The van der Waals surface area contributed by atoms with Gasteiger partial charge in [-0.1, -0.05) is 6.92 Å². The van der Waals surface area contributed by atoms with Gasteiger partial charge in [-0.3, -0.25) is 0 Å². The van der Waals surface area contributed by atoms with E-state index >= 15 is 0 Å². The molecule has 2 fully saturated rings. The van der Waals surface area contributed by atoms with E-state index < -0.39 is 0 Å². The van der Waals surface area contributed by atoms with Crippen molar-refractivity contribution < 1.29 is 9.47 Å². The summed E-state index contributed by atoms with van der Waals surface area (Å²) in [6, 6.07) is 0.734. The molecule has 1 aliphatic heterocycles. The number of hydrogen-bond donors (Lipinski definition) is 1. The third-order valence-corrected chi connectivity index (χ3v) is 3.90. The predicted octanol–water partition coefficient (Wildman–Crippen LogP) is 2.49. The Labute approximate surface area is 105 Å². The van der Waals surface area contributed by atoms with Crippen LogP contribution in [0.15, 0.2) is 0 Å². The number of rotatable bonds is 6. The first-order valence-corrected chi connectivity index (χ1v) is 7.35. The lowest BCUT2D eigenvalue weighted by atomic mass is 9.93. The molecule has 3 heteroatoms. The molecule has 0 aromatic rings. The van der Waals surface area contributed by atoms with Crippen LogP contribution in [0.2, 0.25) is 0 Å². The van der Waals surface area contributed by atoms with Crippen molar-refractivity contribution in [2.45, 2.75) is 70.1 Å². The minimum atomic E-state index is 0.380. The predicted molar refractivity (Wildman–Crippen MR) is 69.3 cm³/mol. The SMILES string of the molecule is CCCNC1CCC(OCC2CCCO2)CC1. The largest absolute Gasteiger partial charge is 0.376 e. The second kappa shape index (κ2) is 7.34. The minimum Gasteiger partial charge on any atom is -0.376 e. The van der Waals surface area contributed by atoms with Crippen LogP contribution in [-0.4, -0.2) is 38.0 Å². The maximum atomic E-state index is 5.97. The lowest BCUT2D eigenvalue weighted by Gasteiger charge is -2.29. The molecule has 1 aliphatic carbocycles. The van der Waals surface area contributed by atoms with Crippen molar-refractivity contribution >= 4 is 0 Å². The van der Waals surface area contributed by atoms with E-state index in [1.807, 2.05) is 0 Å². The van der Waals surface area contributed by atoms with E-state index in [4.69, 9.17) is 9.47 Å². The number of ether oxygens (including phenoxy) is 2. The van der Waals surface area contributed by atoms with E-state index in [1.165, 1.54) is 44.9 Å². The first-order chi connectivity index (χ1) is 8.38. The van der Waals surface area contributed by atoms with Crippen molar-refractivity contribution in [3.8, 4) is 0 Å². The summed E-state index contributed by atoms with van der Waals surface area (Å²) in [4.78, 5) is 0. The first kappa shape index (κ1) is 13.3. The Balaban J connectivity index is 1.55. The minimum absolute atomic E-state index is 0.380. The molecule has 100 valence electrons. The van der Waals surface area contributed by atoms with E-state index in [2.05, 4.69) is 12.2 Å². The lowest BCUT2D eigenvalue weighted by molar-refractivity contribution is -0.0351. The summed E-state index contributed by atoms with van der Waals surface area (Å²) in [5.41, 5.74) is 0. The summed E-state index contributed by atoms with van der Waals surface area (Å²) in [5.74, 6) is 0. The smallest absolute Gasteiger partial charge is 0.0809 e. The molecule has 0 spiro atoms. The van der Waals surface area contributed by atoms with Crippen LogP contribution in [0.4, 0.5) is 0 Å². The average molecular weight is 241 g/mol. The van der Waals surface area contributed by atoms with Crippen molar-refractivity contribution in [2.24, 2.45) is 0 Å². The fourth-order valence-electron chi connectivity index (χ4n) is 2.80. The van der Waals surface area contributed by atoms with Gasteiger partial charge in [-0.05, 0) is 51.5 Å². The molecular weight excluding hydrogens is 214 g/mol. The Morgan fingerprint density at radius 3 is 2.65 bits per heavy atom. The van der Waals surface area contributed by atoms with Crippen LogP contribution in [0.25, 0.3) is 0 Å². The molecule has 1 saturated heterocycles. The second-order valence-corrected chi connectivity index (χ2v) is 5.40. The summed E-state index contributed by atoms with van der Waals surface area (Å²) < 4.78 is 11.5. The van der Waals surface area contributed by atoms with Crippen LogP contribution in [0, 0.1) is 0 Å². The molecule has 0 bridgehead atoms. The Morgan fingerprint density at radius 2 is 2.00 bits per heavy atom. The highest BCUT2D eigenvalue weighted by atomic mass is 16.5. The van der Waals surface area contributed by atoms with Gasteiger partial charge in [0.25, 0.3) is 0 Å². The summed E-state index contributed by atoms with van der Waals surface area (Å²) in [6.07, 6.45) is 9.48. The molecule has 1 saturated carbocycles. The van der Waals surface area contributed by atoms with Gasteiger partial charge in [-0.2, -0.15) is 0 Å². The lowest BCUT2D eigenvalue weighted by Crippen LogP contribution is -2.36. The van der Waals surface area contributed by atoms with Crippen LogP contribution in [0.3, 0.4) is 0 Å². The molecule has 0 aromatic heterocycles. The fraction of sp³-hybridized carbons (Fsp3) is 1.00. The van der Waals surface area contributed by atoms with Crippen molar-refractivity contribution in [3.05, 3.63) is 0 Å². The van der Waals surface area contributed by atoms with Crippen molar-refractivity contribution in [1.82, 2.24) is 5.32 Å². The number of hydrogen-bond acceptors (Lipinski definition) is 3. The summed E-state index contributed by atoms with van der Waals surface area (Å²) in [7, 11) is 0. The van der Waals surface area contributed by atoms with E-state index in [-0.39, 0.29) is 0 Å². The van der Waals surface area contributed by atoms with Crippen LogP contribution in [0.1, 0.15) is 51.9 Å². The van der Waals surface area contributed by atoms with Gasteiger partial charge in [-0.15, -0.1) is 0 Å². The van der Waals surface area contributed by atoms with E-state index in [1.54, 1.807) is 0 Å². The molecule has 2 aliphatic rings. The Morgan fingerprint density at radius 1 is 1.18 bits per heavy atom. The molecule has 0 amide bonds. The quantitative estimate of drug-likeness (QED) is 0.775. The standard InChI is InChI=1S/C14H27NO2/c1-2-9-15-12-5-7-13(8-6-12)17-11-14-4-3-10-16-14/h12-15H,2-11H2,1H3. The summed E-state index contributed by atoms with van der Waals surface area (Å²) >= 11 is 0. The zero-order valence-corrected chi connectivity index (χ0v) is 11.1. The third kappa shape index (κ3) is 4.57. The maximum absolute atomic E-state index is 5.97. The molecule has 3 nitrogen and oxygen atoms in total. The maximum Gasteiger partial charge on any atom is 0.0809 e. The highest BCUT2D eigenvalue weighted by Crippen LogP contribution is 2.22. The topological polar surface area (TPSA) is 30.5 Å². The average Bonchev–Trinajstić information content (AvgIpc) is 2.88. The number of nitrogens with one attached hydrogen (secondary N) is 1. The van der Waals surface area contributed by atoms with Gasteiger partial charge >= 0.3 is 0 Å². The van der Waals surface area contributed by atoms with Gasteiger partial charge in [0, 0.05) is 12.6 Å². The molecule has 1 N–H and O–H groups in total. The molecule has 1 atom stereocenters. The van der Waals surface area contributed by atoms with Gasteiger partial charge in [0.2, 0.25) is 0 Å². The van der Waals surface area contributed by atoms with Crippen molar-refractivity contribution in [3.63, 3.8) is 0 Å². The van der Waals surface area contributed by atoms with Crippen LogP contribution in [-0.2, 0) is 9.47 Å². The first-order valence-electron chi connectivity index (χ1n) is 7.35. The second-order valence-electron chi connectivity index (χ2n) is 5.40. The molecule has 17 heavy (non-hydrogen) atoms. The van der Waals surface area contributed by atoms with Gasteiger partial charge in [0.05, 0.1) is 18.8 Å². The molecule has 2 rings (SSSR count). The zero-order valence-electron chi connectivity index (χ0n) is 11.1. The summed E-state index contributed by atoms with van der Waals surface area (Å²) in [6.45, 7) is 5.13. The molecule has 0 aromatic carbocycles. The normalized spacial score (nSPS) is 34.1. The van der Waals surface area contributed by atoms with E-state index in [0.717, 1.165) is 25.8 Å². The van der Waals surface area contributed by atoms with Crippen LogP contribution < -0.4 is 5.32 Å². The highest BCUT2D eigenvalue weighted by molar-refractivity contribution is 4.78. The highest BCUT2D eigenvalue weighted by Gasteiger charge is 2.23. The van der Waals surface area contributed by atoms with Crippen molar-refractivity contribution in [1.29, 1.82) is 0 Å². The van der Waals surface area contributed by atoms with Gasteiger partial charge in [-0.25, -0.2) is 0 Å². The van der Waals surface area contributed by atoms with Crippen LogP contribution in [0.5, 0.6) is 0 Å². The van der Waals surface area contributed by atoms with Gasteiger partial charge in [0.1, 0.15) is 0 Å². The Bertz CT molecular complexity index is 196. The Hall–Kier alpha value is -0.120. The van der Waals surface area contributed by atoms with Crippen LogP contribution >= 0.6 is 0 Å². The van der Waals surface area contributed by atoms with E-state index in [9.17, 15) is 0 Å². The molecular formula is C14H27NO2. The Kier molecular flexibility index (Phi) is 5.75. The fourth-order valence-corrected chi connectivity index (χ4v) is 2.80. The van der Waals surface area contributed by atoms with E-state index in [0.29, 0.717) is 12.2 Å². The van der Waals surface area contributed by atoms with Gasteiger partial charge in [0.15, 0.2) is 0 Å². The van der Waals surface area contributed by atoms with Gasteiger partial charge < -0.3 is 14.8 Å². The molecule has 1 unspecified atom stereocenters. The monoisotopic (exact) mass is 241 g/mol. The zero-order chi connectivity index (χ0) is 11.9. The molecule has 0 radical (unpaired) electrons. The van der Waals surface area contributed by atoms with Crippen molar-refractivity contribution in [2.75, 3.05) is 19.8 Å². The molecule has 1 heterocycles.